The topological polar surface area (TPSA) is 67.2 Å². The summed E-state index contributed by atoms with van der Waals surface area (Å²) in [7, 11) is 1.82. The number of aromatic nitrogens is 2. The van der Waals surface area contributed by atoms with E-state index < -0.39 is 6.04 Å². The van der Waals surface area contributed by atoms with Crippen molar-refractivity contribution in [2.75, 3.05) is 13.1 Å². The van der Waals surface area contributed by atoms with Crippen molar-refractivity contribution in [1.82, 2.24) is 20.0 Å². The van der Waals surface area contributed by atoms with Crippen LogP contribution in [0.5, 0.6) is 0 Å². The minimum absolute atomic E-state index is 0.0560. The van der Waals surface area contributed by atoms with Gasteiger partial charge in [-0.2, -0.15) is 5.10 Å². The maximum absolute atomic E-state index is 13.1. The molecule has 0 aliphatic carbocycles. The number of nitrogens with zero attached hydrogens (tertiary/aromatic N) is 3. The number of carbonyl (C=O) groups is 2. The molecule has 1 atom stereocenters. The lowest BCUT2D eigenvalue weighted by atomic mass is 9.89. The molecule has 1 aromatic heterocycles. The zero-order valence-corrected chi connectivity index (χ0v) is 15.0. The first kappa shape index (κ1) is 17.5. The van der Waals surface area contributed by atoms with Crippen LogP contribution in [-0.4, -0.2) is 45.6 Å². The Bertz CT molecular complexity index is 598. The molecule has 2 amide bonds. The molecule has 23 heavy (non-hydrogen) atoms. The van der Waals surface area contributed by atoms with Gasteiger partial charge in [0.25, 0.3) is 5.91 Å². The zero-order valence-electron chi connectivity index (χ0n) is 15.0. The van der Waals surface area contributed by atoms with E-state index in [4.69, 9.17) is 0 Å². The molecule has 1 unspecified atom stereocenters. The maximum atomic E-state index is 13.1. The SMILES string of the molecule is CC(C)CC1C(=O)NCCN1C(=O)c1cn(C)nc1C(C)(C)C. The van der Waals surface area contributed by atoms with Gasteiger partial charge in [-0.25, -0.2) is 0 Å². The lowest BCUT2D eigenvalue weighted by Crippen LogP contribution is -2.57. The van der Waals surface area contributed by atoms with Crippen molar-refractivity contribution in [2.45, 2.75) is 52.5 Å². The van der Waals surface area contributed by atoms with Crippen LogP contribution < -0.4 is 5.32 Å². The minimum atomic E-state index is -0.399. The molecular formula is C17H28N4O2. The van der Waals surface area contributed by atoms with E-state index in [1.165, 1.54) is 0 Å². The van der Waals surface area contributed by atoms with Crippen LogP contribution in [-0.2, 0) is 17.3 Å². The van der Waals surface area contributed by atoms with Gasteiger partial charge in [-0.15, -0.1) is 0 Å². The molecule has 128 valence electrons. The molecule has 1 N–H and O–H groups in total. The number of hydrogen-bond acceptors (Lipinski definition) is 3. The molecule has 2 heterocycles. The van der Waals surface area contributed by atoms with Crippen LogP contribution in [0.3, 0.4) is 0 Å². The Morgan fingerprint density at radius 3 is 2.65 bits per heavy atom. The highest BCUT2D eigenvalue weighted by molar-refractivity contribution is 5.99. The van der Waals surface area contributed by atoms with Crippen LogP contribution in [0.15, 0.2) is 6.20 Å². The largest absolute Gasteiger partial charge is 0.353 e. The molecule has 2 rings (SSSR count). The number of nitrogens with one attached hydrogen (secondary N) is 1. The Labute approximate surface area is 138 Å². The van der Waals surface area contributed by atoms with Gasteiger partial charge in [0.05, 0.1) is 11.3 Å². The monoisotopic (exact) mass is 320 g/mol. The number of aryl methyl sites for hydroxylation is 1. The third kappa shape index (κ3) is 3.74. The first-order valence-electron chi connectivity index (χ1n) is 8.24. The molecule has 0 saturated carbocycles. The maximum Gasteiger partial charge on any atom is 0.258 e. The molecule has 1 aromatic rings. The molecule has 1 saturated heterocycles. The first-order chi connectivity index (χ1) is 10.6. The number of hydrogen-bond donors (Lipinski definition) is 1. The summed E-state index contributed by atoms with van der Waals surface area (Å²) in [5.74, 6) is 0.193. The molecule has 1 fully saturated rings. The molecule has 6 heteroatoms. The quantitative estimate of drug-likeness (QED) is 0.922. The first-order valence-corrected chi connectivity index (χ1v) is 8.24. The van der Waals surface area contributed by atoms with Crippen molar-refractivity contribution in [3.05, 3.63) is 17.5 Å². The van der Waals surface area contributed by atoms with Crippen molar-refractivity contribution < 1.29 is 9.59 Å². The van der Waals surface area contributed by atoms with Crippen LogP contribution in [0.1, 0.15) is 57.1 Å². The van der Waals surface area contributed by atoms with Crippen molar-refractivity contribution in [1.29, 1.82) is 0 Å². The second-order valence-electron chi connectivity index (χ2n) is 7.75. The van der Waals surface area contributed by atoms with Crippen molar-refractivity contribution >= 4 is 11.8 Å². The van der Waals surface area contributed by atoms with E-state index in [-0.39, 0.29) is 17.2 Å². The summed E-state index contributed by atoms with van der Waals surface area (Å²) in [6.45, 7) is 11.3. The third-order valence-electron chi connectivity index (χ3n) is 4.06. The summed E-state index contributed by atoms with van der Waals surface area (Å²) < 4.78 is 1.68. The van der Waals surface area contributed by atoms with Gasteiger partial charge in [0, 0.05) is 31.7 Å². The molecule has 1 aliphatic rings. The second-order valence-corrected chi connectivity index (χ2v) is 7.75. The molecular weight excluding hydrogens is 292 g/mol. The summed E-state index contributed by atoms with van der Waals surface area (Å²) >= 11 is 0. The summed E-state index contributed by atoms with van der Waals surface area (Å²) in [4.78, 5) is 27.1. The fraction of sp³-hybridized carbons (Fsp3) is 0.706. The molecule has 1 aliphatic heterocycles. The summed E-state index contributed by atoms with van der Waals surface area (Å²) in [6, 6.07) is -0.399. The third-order valence-corrected chi connectivity index (χ3v) is 4.06. The van der Waals surface area contributed by atoms with E-state index in [1.807, 2.05) is 27.8 Å². The van der Waals surface area contributed by atoms with Crippen molar-refractivity contribution in [3.8, 4) is 0 Å². The van der Waals surface area contributed by atoms with Crippen LogP contribution >= 0.6 is 0 Å². The van der Waals surface area contributed by atoms with Crippen molar-refractivity contribution in [2.24, 2.45) is 13.0 Å². The van der Waals surface area contributed by atoms with Gasteiger partial charge >= 0.3 is 0 Å². The normalized spacial score (nSPS) is 19.2. The Morgan fingerprint density at radius 1 is 1.43 bits per heavy atom. The summed E-state index contributed by atoms with van der Waals surface area (Å²) in [5, 5.41) is 7.34. The standard InChI is InChI=1S/C17H28N4O2/c1-11(2)9-13-15(22)18-7-8-21(13)16(23)12-10-20(6)19-14(12)17(3,4)5/h10-11,13H,7-9H2,1-6H3,(H,18,22). The van der Waals surface area contributed by atoms with Gasteiger partial charge in [0.15, 0.2) is 0 Å². The Balaban J connectivity index is 2.36. The Hall–Kier alpha value is -1.85. The van der Waals surface area contributed by atoms with Crippen molar-refractivity contribution in [3.63, 3.8) is 0 Å². The van der Waals surface area contributed by atoms with Crippen LogP contribution in [0.4, 0.5) is 0 Å². The lowest BCUT2D eigenvalue weighted by Gasteiger charge is -2.36. The van der Waals surface area contributed by atoms with E-state index in [2.05, 4.69) is 24.3 Å². The number of amides is 2. The van der Waals surface area contributed by atoms with E-state index in [0.29, 0.717) is 31.0 Å². The molecule has 0 aromatic carbocycles. The van der Waals surface area contributed by atoms with Gasteiger partial charge in [0.2, 0.25) is 5.91 Å². The Morgan fingerprint density at radius 2 is 2.09 bits per heavy atom. The number of carbonyl (C=O) groups excluding carboxylic acids is 2. The van der Waals surface area contributed by atoms with Gasteiger partial charge in [-0.1, -0.05) is 34.6 Å². The van der Waals surface area contributed by atoms with Crippen LogP contribution in [0.25, 0.3) is 0 Å². The predicted octanol–water partition coefficient (Wildman–Crippen LogP) is 1.70. The highest BCUT2D eigenvalue weighted by atomic mass is 16.2. The lowest BCUT2D eigenvalue weighted by molar-refractivity contribution is -0.128. The highest BCUT2D eigenvalue weighted by Gasteiger charge is 2.36. The van der Waals surface area contributed by atoms with E-state index in [1.54, 1.807) is 15.8 Å². The van der Waals surface area contributed by atoms with E-state index in [0.717, 1.165) is 5.69 Å². The summed E-state index contributed by atoms with van der Waals surface area (Å²) in [5.41, 5.74) is 1.15. The molecule has 0 radical (unpaired) electrons. The van der Waals surface area contributed by atoms with E-state index in [9.17, 15) is 9.59 Å². The Kier molecular flexibility index (Phi) is 4.82. The molecule has 0 bridgehead atoms. The average Bonchev–Trinajstić information content (AvgIpc) is 2.82. The van der Waals surface area contributed by atoms with Gasteiger partial charge in [-0.05, 0) is 12.3 Å². The fourth-order valence-corrected chi connectivity index (χ4v) is 2.99. The van der Waals surface area contributed by atoms with Gasteiger partial charge in [-0.3, -0.25) is 14.3 Å². The van der Waals surface area contributed by atoms with Gasteiger partial charge < -0.3 is 10.2 Å². The second kappa shape index (κ2) is 6.34. The van der Waals surface area contributed by atoms with Gasteiger partial charge in [0.1, 0.15) is 6.04 Å². The number of piperazine rings is 1. The fourth-order valence-electron chi connectivity index (χ4n) is 2.99. The van der Waals surface area contributed by atoms with E-state index >= 15 is 0 Å². The predicted molar refractivity (Wildman–Crippen MR) is 89.2 cm³/mol. The smallest absolute Gasteiger partial charge is 0.258 e. The summed E-state index contributed by atoms with van der Waals surface area (Å²) in [6.07, 6.45) is 2.44. The van der Waals surface area contributed by atoms with Crippen LogP contribution in [0, 0.1) is 5.92 Å². The van der Waals surface area contributed by atoms with Crippen LogP contribution in [0.2, 0.25) is 0 Å². The number of rotatable bonds is 3. The minimum Gasteiger partial charge on any atom is -0.353 e. The molecule has 0 spiro atoms. The highest BCUT2D eigenvalue weighted by Crippen LogP contribution is 2.26. The zero-order chi connectivity index (χ0) is 17.4. The average molecular weight is 320 g/mol. The molecule has 6 nitrogen and oxygen atoms in total.